The first-order chi connectivity index (χ1) is 12.0. The highest BCUT2D eigenvalue weighted by atomic mass is 19.1. The number of halogens is 1. The molecule has 0 radical (unpaired) electrons. The maximum absolute atomic E-state index is 14.1. The van der Waals surface area contributed by atoms with Gasteiger partial charge < -0.3 is 4.74 Å². The van der Waals surface area contributed by atoms with Gasteiger partial charge in [0.15, 0.2) is 11.6 Å². The van der Waals surface area contributed by atoms with Crippen LogP contribution in [0.5, 0.6) is 5.75 Å². The maximum atomic E-state index is 14.1. The third-order valence-electron chi connectivity index (χ3n) is 6.68. The van der Waals surface area contributed by atoms with Crippen LogP contribution in [0.2, 0.25) is 0 Å². The fraction of sp³-hybridized carbons (Fsp3) is 0.478. The molecule has 0 atom stereocenters. The Morgan fingerprint density at radius 2 is 1.48 bits per heavy atom. The van der Waals surface area contributed by atoms with Gasteiger partial charge in [-0.25, -0.2) is 4.39 Å². The van der Waals surface area contributed by atoms with E-state index in [9.17, 15) is 4.39 Å². The summed E-state index contributed by atoms with van der Waals surface area (Å²) in [6.07, 6.45) is 8.04. The first-order valence-corrected chi connectivity index (χ1v) is 9.57. The Balaban J connectivity index is 1.57. The molecule has 25 heavy (non-hydrogen) atoms. The predicted molar refractivity (Wildman–Crippen MR) is 100 cm³/mol. The molecule has 0 saturated heterocycles. The molecule has 3 aliphatic rings. The van der Waals surface area contributed by atoms with Crippen LogP contribution in [0.25, 0.3) is 11.1 Å². The van der Waals surface area contributed by atoms with Crippen LogP contribution in [-0.4, -0.2) is 6.61 Å². The molecular formula is C23H27FO. The maximum Gasteiger partial charge on any atom is 0.165 e. The molecule has 132 valence electrons. The van der Waals surface area contributed by atoms with Gasteiger partial charge in [0.2, 0.25) is 0 Å². The van der Waals surface area contributed by atoms with Crippen LogP contribution in [-0.2, 0) is 5.41 Å². The zero-order valence-corrected chi connectivity index (χ0v) is 15.3. The lowest BCUT2D eigenvalue weighted by Gasteiger charge is -2.52. The van der Waals surface area contributed by atoms with E-state index in [-0.39, 0.29) is 5.82 Å². The highest BCUT2D eigenvalue weighted by Gasteiger charge is 2.46. The second-order valence-electron chi connectivity index (χ2n) is 8.25. The van der Waals surface area contributed by atoms with E-state index in [0.29, 0.717) is 23.2 Å². The lowest BCUT2D eigenvalue weighted by atomic mass is 9.52. The first-order valence-electron chi connectivity index (χ1n) is 9.57. The van der Waals surface area contributed by atoms with Gasteiger partial charge in [0.05, 0.1) is 6.61 Å². The van der Waals surface area contributed by atoms with Crippen LogP contribution < -0.4 is 4.74 Å². The summed E-state index contributed by atoms with van der Waals surface area (Å²) in [6.45, 7) is 4.80. The van der Waals surface area contributed by atoms with Crippen LogP contribution in [0.3, 0.4) is 0 Å². The van der Waals surface area contributed by atoms with Gasteiger partial charge in [0, 0.05) is 0 Å². The van der Waals surface area contributed by atoms with Crippen LogP contribution in [0.15, 0.2) is 42.5 Å². The van der Waals surface area contributed by atoms with Crippen LogP contribution in [0.1, 0.15) is 57.9 Å². The SMILES string of the molecule is CCOc1ccc(-c2ccc(C34CCC(C)(CC3)CC4)cc2)cc1F. The third-order valence-corrected chi connectivity index (χ3v) is 6.68. The zero-order valence-electron chi connectivity index (χ0n) is 15.3. The van der Waals surface area contributed by atoms with Gasteiger partial charge in [-0.2, -0.15) is 0 Å². The summed E-state index contributed by atoms with van der Waals surface area (Å²) in [4.78, 5) is 0. The van der Waals surface area contributed by atoms with E-state index in [1.165, 1.54) is 44.1 Å². The molecule has 0 spiro atoms. The molecule has 0 heterocycles. The van der Waals surface area contributed by atoms with E-state index in [4.69, 9.17) is 4.74 Å². The molecule has 3 saturated carbocycles. The molecule has 0 N–H and O–H groups in total. The normalized spacial score (nSPS) is 28.1. The topological polar surface area (TPSA) is 9.23 Å². The van der Waals surface area contributed by atoms with Crippen molar-refractivity contribution in [2.45, 2.75) is 57.8 Å². The van der Waals surface area contributed by atoms with E-state index in [2.05, 4.69) is 31.2 Å². The van der Waals surface area contributed by atoms with Crippen molar-refractivity contribution in [1.82, 2.24) is 0 Å². The number of hydrogen-bond acceptors (Lipinski definition) is 1. The van der Waals surface area contributed by atoms with Crippen molar-refractivity contribution in [2.24, 2.45) is 5.41 Å². The van der Waals surface area contributed by atoms with Crippen molar-refractivity contribution < 1.29 is 9.13 Å². The Morgan fingerprint density at radius 3 is 2.04 bits per heavy atom. The smallest absolute Gasteiger partial charge is 0.165 e. The van der Waals surface area contributed by atoms with E-state index in [1.807, 2.05) is 13.0 Å². The average molecular weight is 338 g/mol. The monoisotopic (exact) mass is 338 g/mol. The number of rotatable bonds is 4. The number of ether oxygens (including phenoxy) is 1. The van der Waals surface area contributed by atoms with Crippen LogP contribution >= 0.6 is 0 Å². The van der Waals surface area contributed by atoms with Gasteiger partial charge in [-0.3, -0.25) is 0 Å². The van der Waals surface area contributed by atoms with Gasteiger partial charge in [-0.05, 0) is 85.1 Å². The second kappa shape index (κ2) is 6.16. The predicted octanol–water partition coefficient (Wildman–Crippen LogP) is 6.50. The zero-order chi connectivity index (χ0) is 17.5. The summed E-state index contributed by atoms with van der Waals surface area (Å²) in [6, 6.07) is 14.1. The first kappa shape index (κ1) is 16.6. The van der Waals surface area contributed by atoms with E-state index >= 15 is 0 Å². The van der Waals surface area contributed by atoms with Gasteiger partial charge in [0.25, 0.3) is 0 Å². The Bertz CT molecular complexity index is 738. The largest absolute Gasteiger partial charge is 0.491 e. The molecule has 5 rings (SSSR count). The summed E-state index contributed by atoms with van der Waals surface area (Å²) in [5.74, 6) is 0.0371. The van der Waals surface area contributed by atoms with Crippen molar-refractivity contribution in [3.05, 3.63) is 53.8 Å². The minimum absolute atomic E-state index is 0.291. The fourth-order valence-electron chi connectivity index (χ4n) is 4.78. The molecular weight excluding hydrogens is 311 g/mol. The molecule has 2 heteroatoms. The highest BCUT2D eigenvalue weighted by Crippen LogP contribution is 2.57. The van der Waals surface area contributed by atoms with Gasteiger partial charge in [-0.1, -0.05) is 37.3 Å². The van der Waals surface area contributed by atoms with Gasteiger partial charge >= 0.3 is 0 Å². The molecule has 0 aliphatic heterocycles. The Hall–Kier alpha value is -1.83. The lowest BCUT2D eigenvalue weighted by Crippen LogP contribution is -2.42. The summed E-state index contributed by atoms with van der Waals surface area (Å²) in [7, 11) is 0. The third kappa shape index (κ3) is 2.96. The standard InChI is InChI=1S/C23H27FO/c1-3-25-21-9-6-18(16-20(21)24)17-4-7-19(8-5-17)23-13-10-22(2,11-14-23)12-15-23/h4-9,16H,3,10-15H2,1-2H3. The molecule has 3 fully saturated rings. The van der Waals surface area contributed by atoms with Crippen LogP contribution in [0.4, 0.5) is 4.39 Å². The minimum Gasteiger partial charge on any atom is -0.491 e. The average Bonchev–Trinajstić information content (AvgIpc) is 2.65. The molecule has 3 aliphatic carbocycles. The lowest BCUT2D eigenvalue weighted by molar-refractivity contribution is 0.0556. The number of hydrogen-bond donors (Lipinski definition) is 0. The Morgan fingerprint density at radius 1 is 0.880 bits per heavy atom. The molecule has 1 nitrogen and oxygen atoms in total. The molecule has 0 aromatic heterocycles. The summed E-state index contributed by atoms with van der Waals surface area (Å²) < 4.78 is 19.4. The van der Waals surface area contributed by atoms with E-state index in [1.54, 1.807) is 12.1 Å². The second-order valence-corrected chi connectivity index (χ2v) is 8.25. The number of benzene rings is 2. The quantitative estimate of drug-likeness (QED) is 0.618. The van der Waals surface area contributed by atoms with Crippen molar-refractivity contribution in [3.8, 4) is 16.9 Å². The Kier molecular flexibility index (Phi) is 4.10. The molecule has 2 bridgehead atoms. The molecule has 2 aromatic carbocycles. The molecule has 2 aromatic rings. The van der Waals surface area contributed by atoms with Crippen molar-refractivity contribution in [3.63, 3.8) is 0 Å². The van der Waals surface area contributed by atoms with Crippen molar-refractivity contribution in [2.75, 3.05) is 6.61 Å². The van der Waals surface area contributed by atoms with E-state index < -0.39 is 0 Å². The van der Waals surface area contributed by atoms with Gasteiger partial charge in [-0.15, -0.1) is 0 Å². The summed E-state index contributed by atoms with van der Waals surface area (Å²) in [5.41, 5.74) is 4.44. The minimum atomic E-state index is -0.291. The number of fused-ring (bicyclic) bond motifs is 3. The fourth-order valence-corrected chi connectivity index (χ4v) is 4.78. The molecule has 0 amide bonds. The van der Waals surface area contributed by atoms with Crippen LogP contribution in [0, 0.1) is 11.2 Å². The van der Waals surface area contributed by atoms with Crippen molar-refractivity contribution in [1.29, 1.82) is 0 Å². The van der Waals surface area contributed by atoms with E-state index in [0.717, 1.165) is 11.1 Å². The summed E-state index contributed by atoms with van der Waals surface area (Å²) >= 11 is 0. The molecule has 0 unspecified atom stereocenters. The Labute approximate surface area is 150 Å². The highest BCUT2D eigenvalue weighted by molar-refractivity contribution is 5.65. The summed E-state index contributed by atoms with van der Waals surface area (Å²) in [5, 5.41) is 0. The van der Waals surface area contributed by atoms with Crippen molar-refractivity contribution >= 4 is 0 Å². The van der Waals surface area contributed by atoms with Gasteiger partial charge in [0.1, 0.15) is 0 Å².